The summed E-state index contributed by atoms with van der Waals surface area (Å²) in [5.74, 6) is 0.970. The Morgan fingerprint density at radius 3 is 2.29 bits per heavy atom. The SMILES string of the molecule is CNC1CCC(OCCC2CCCCC2)CC1. The maximum atomic E-state index is 6.05. The van der Waals surface area contributed by atoms with Crippen LogP contribution in [0.25, 0.3) is 0 Å². The Morgan fingerprint density at radius 2 is 1.65 bits per heavy atom. The van der Waals surface area contributed by atoms with Gasteiger partial charge in [0.2, 0.25) is 0 Å². The monoisotopic (exact) mass is 239 g/mol. The van der Waals surface area contributed by atoms with Crippen molar-refractivity contribution in [2.24, 2.45) is 5.92 Å². The van der Waals surface area contributed by atoms with Gasteiger partial charge in [-0.3, -0.25) is 0 Å². The molecule has 2 aliphatic carbocycles. The van der Waals surface area contributed by atoms with Crippen LogP contribution >= 0.6 is 0 Å². The summed E-state index contributed by atoms with van der Waals surface area (Å²) < 4.78 is 6.05. The van der Waals surface area contributed by atoms with Gasteiger partial charge in [0.25, 0.3) is 0 Å². The van der Waals surface area contributed by atoms with Crippen molar-refractivity contribution in [3.8, 4) is 0 Å². The van der Waals surface area contributed by atoms with Crippen molar-refractivity contribution < 1.29 is 4.74 Å². The molecule has 0 spiro atoms. The number of ether oxygens (including phenoxy) is 1. The lowest BCUT2D eigenvalue weighted by atomic mass is 9.87. The molecular weight excluding hydrogens is 210 g/mol. The van der Waals surface area contributed by atoms with Crippen molar-refractivity contribution >= 4 is 0 Å². The average molecular weight is 239 g/mol. The molecule has 0 atom stereocenters. The van der Waals surface area contributed by atoms with Crippen LogP contribution in [0, 0.1) is 5.92 Å². The molecule has 2 rings (SSSR count). The molecule has 0 aliphatic heterocycles. The molecule has 0 aromatic carbocycles. The summed E-state index contributed by atoms with van der Waals surface area (Å²) >= 11 is 0. The van der Waals surface area contributed by atoms with Gasteiger partial charge in [-0.2, -0.15) is 0 Å². The quantitative estimate of drug-likeness (QED) is 0.793. The summed E-state index contributed by atoms with van der Waals surface area (Å²) in [6.07, 6.45) is 14.3. The van der Waals surface area contributed by atoms with E-state index in [2.05, 4.69) is 12.4 Å². The Morgan fingerprint density at radius 1 is 0.941 bits per heavy atom. The topological polar surface area (TPSA) is 21.3 Å². The Balaban J connectivity index is 1.53. The minimum absolute atomic E-state index is 0.559. The first-order valence-electron chi connectivity index (χ1n) is 7.67. The first-order chi connectivity index (χ1) is 8.38. The van der Waals surface area contributed by atoms with Crippen molar-refractivity contribution in [3.63, 3.8) is 0 Å². The highest BCUT2D eigenvalue weighted by molar-refractivity contribution is 4.76. The van der Waals surface area contributed by atoms with Gasteiger partial charge >= 0.3 is 0 Å². The molecule has 0 radical (unpaired) electrons. The predicted octanol–water partition coefficient (Wildman–Crippen LogP) is 3.50. The van der Waals surface area contributed by atoms with Crippen molar-refractivity contribution in [1.29, 1.82) is 0 Å². The van der Waals surface area contributed by atoms with Gasteiger partial charge in [-0.1, -0.05) is 32.1 Å². The zero-order valence-electron chi connectivity index (χ0n) is 11.4. The van der Waals surface area contributed by atoms with Crippen LogP contribution in [0.4, 0.5) is 0 Å². The van der Waals surface area contributed by atoms with Gasteiger partial charge in [0.1, 0.15) is 0 Å². The second-order valence-corrected chi connectivity index (χ2v) is 5.93. The maximum Gasteiger partial charge on any atom is 0.0576 e. The molecule has 0 unspecified atom stereocenters. The fourth-order valence-electron chi connectivity index (χ4n) is 3.40. The van der Waals surface area contributed by atoms with Crippen molar-refractivity contribution in [2.45, 2.75) is 76.4 Å². The molecule has 0 aromatic rings. The highest BCUT2D eigenvalue weighted by Gasteiger charge is 2.20. The second-order valence-electron chi connectivity index (χ2n) is 5.93. The van der Waals surface area contributed by atoms with Crippen molar-refractivity contribution in [1.82, 2.24) is 5.32 Å². The van der Waals surface area contributed by atoms with E-state index in [0.29, 0.717) is 6.10 Å². The van der Waals surface area contributed by atoms with E-state index in [1.165, 1.54) is 64.2 Å². The molecule has 2 aliphatic rings. The van der Waals surface area contributed by atoms with Crippen LogP contribution in [0.3, 0.4) is 0 Å². The molecule has 100 valence electrons. The highest BCUT2D eigenvalue weighted by Crippen LogP contribution is 2.27. The van der Waals surface area contributed by atoms with Crippen LogP contribution < -0.4 is 5.32 Å². The first kappa shape index (κ1) is 13.4. The van der Waals surface area contributed by atoms with Crippen LogP contribution in [0.2, 0.25) is 0 Å². The van der Waals surface area contributed by atoms with Crippen LogP contribution in [-0.4, -0.2) is 25.8 Å². The minimum atomic E-state index is 0.559. The van der Waals surface area contributed by atoms with Crippen molar-refractivity contribution in [3.05, 3.63) is 0 Å². The minimum Gasteiger partial charge on any atom is -0.378 e. The molecule has 0 saturated heterocycles. The number of rotatable bonds is 5. The molecule has 1 N–H and O–H groups in total. The smallest absolute Gasteiger partial charge is 0.0576 e. The third kappa shape index (κ3) is 4.59. The molecule has 2 fully saturated rings. The normalized spacial score (nSPS) is 31.6. The molecule has 2 heteroatoms. The predicted molar refractivity (Wildman–Crippen MR) is 72.2 cm³/mol. The third-order valence-corrected chi connectivity index (χ3v) is 4.69. The van der Waals surface area contributed by atoms with Gasteiger partial charge in [-0.15, -0.1) is 0 Å². The summed E-state index contributed by atoms with van der Waals surface area (Å²) in [6.45, 7) is 1.01. The number of nitrogens with one attached hydrogen (secondary N) is 1. The summed E-state index contributed by atoms with van der Waals surface area (Å²) in [6, 6.07) is 0.744. The molecule has 17 heavy (non-hydrogen) atoms. The van der Waals surface area contributed by atoms with E-state index in [9.17, 15) is 0 Å². The largest absolute Gasteiger partial charge is 0.378 e. The highest BCUT2D eigenvalue weighted by atomic mass is 16.5. The van der Waals surface area contributed by atoms with Gasteiger partial charge in [-0.25, -0.2) is 0 Å². The van der Waals surface area contributed by atoms with E-state index >= 15 is 0 Å². The van der Waals surface area contributed by atoms with Gasteiger partial charge in [0.05, 0.1) is 6.10 Å². The molecule has 2 nitrogen and oxygen atoms in total. The van der Waals surface area contributed by atoms with Gasteiger partial charge in [0, 0.05) is 12.6 Å². The Hall–Kier alpha value is -0.0800. The lowest BCUT2D eigenvalue weighted by molar-refractivity contribution is 0.0143. The second kappa shape index (κ2) is 7.38. The van der Waals surface area contributed by atoms with E-state index in [-0.39, 0.29) is 0 Å². The first-order valence-corrected chi connectivity index (χ1v) is 7.67. The summed E-state index contributed by atoms with van der Waals surface area (Å²) in [7, 11) is 2.08. The molecule has 0 bridgehead atoms. The lowest BCUT2D eigenvalue weighted by Gasteiger charge is -2.29. The molecular formula is C15H29NO. The summed E-state index contributed by atoms with van der Waals surface area (Å²) in [4.78, 5) is 0. The van der Waals surface area contributed by atoms with E-state index in [0.717, 1.165) is 18.6 Å². The summed E-state index contributed by atoms with van der Waals surface area (Å²) in [5, 5.41) is 3.38. The average Bonchev–Trinajstić information content (AvgIpc) is 2.41. The van der Waals surface area contributed by atoms with Crippen LogP contribution in [-0.2, 0) is 4.74 Å². The standard InChI is InChI=1S/C15H29NO/c1-16-14-7-9-15(10-8-14)17-12-11-13-5-3-2-4-6-13/h13-16H,2-12H2,1H3. The van der Waals surface area contributed by atoms with Gasteiger partial charge in [-0.05, 0) is 45.1 Å². The Bertz CT molecular complexity index is 193. The third-order valence-electron chi connectivity index (χ3n) is 4.69. The fraction of sp³-hybridized carbons (Fsp3) is 1.00. The number of hydrogen-bond acceptors (Lipinski definition) is 2. The van der Waals surface area contributed by atoms with E-state index in [1.807, 2.05) is 0 Å². The van der Waals surface area contributed by atoms with Crippen LogP contribution in [0.1, 0.15) is 64.2 Å². The maximum absolute atomic E-state index is 6.05. The van der Waals surface area contributed by atoms with Crippen LogP contribution in [0.15, 0.2) is 0 Å². The molecule has 0 amide bonds. The molecule has 0 aromatic heterocycles. The van der Waals surface area contributed by atoms with Gasteiger partial charge < -0.3 is 10.1 Å². The number of hydrogen-bond donors (Lipinski definition) is 1. The Labute approximate surface area is 107 Å². The zero-order valence-corrected chi connectivity index (χ0v) is 11.4. The lowest BCUT2D eigenvalue weighted by Crippen LogP contribution is -2.33. The summed E-state index contributed by atoms with van der Waals surface area (Å²) in [5.41, 5.74) is 0. The fourth-order valence-corrected chi connectivity index (χ4v) is 3.40. The van der Waals surface area contributed by atoms with Gasteiger partial charge in [0.15, 0.2) is 0 Å². The Kier molecular flexibility index (Phi) is 5.79. The molecule has 2 saturated carbocycles. The van der Waals surface area contributed by atoms with Crippen LogP contribution in [0.5, 0.6) is 0 Å². The van der Waals surface area contributed by atoms with E-state index < -0.39 is 0 Å². The van der Waals surface area contributed by atoms with Crippen molar-refractivity contribution in [2.75, 3.05) is 13.7 Å². The van der Waals surface area contributed by atoms with E-state index in [1.54, 1.807) is 0 Å². The molecule has 0 heterocycles. The zero-order chi connectivity index (χ0) is 11.9. The van der Waals surface area contributed by atoms with E-state index in [4.69, 9.17) is 4.74 Å².